The molecule has 7 heteroatoms. The number of rotatable bonds is 8. The molecule has 2 amide bonds. The van der Waals surface area contributed by atoms with E-state index in [-0.39, 0.29) is 24.2 Å². The van der Waals surface area contributed by atoms with Crippen LogP contribution in [0.25, 0.3) is 6.08 Å². The first kappa shape index (κ1) is 26.2. The van der Waals surface area contributed by atoms with Gasteiger partial charge < -0.3 is 10.2 Å². The molecule has 0 spiro atoms. The van der Waals surface area contributed by atoms with Gasteiger partial charge in [0.1, 0.15) is 12.4 Å². The zero-order valence-corrected chi connectivity index (χ0v) is 22.1. The highest BCUT2D eigenvalue weighted by atomic mass is 32.2. The minimum Gasteiger partial charge on any atom is -0.353 e. The molecule has 2 aliphatic rings. The van der Waals surface area contributed by atoms with Crippen LogP contribution in [-0.4, -0.2) is 49.4 Å². The second-order valence-electron chi connectivity index (χ2n) is 9.82. The fraction of sp³-hybridized carbons (Fsp3) is 0.290. The number of thioether (sulfide) groups is 1. The normalized spacial score (nSPS) is 17.4. The van der Waals surface area contributed by atoms with E-state index >= 15 is 0 Å². The van der Waals surface area contributed by atoms with Gasteiger partial charge in [-0.25, -0.2) is 4.39 Å². The SMILES string of the molecule is O=C(CN1C(=O)/C(=C/c2ccccc2F)Sc2ccccc21)NCCN1CCC(Cc2ccccc2)CC1. The Morgan fingerprint density at radius 1 is 0.974 bits per heavy atom. The quantitative estimate of drug-likeness (QED) is 0.399. The zero-order valence-electron chi connectivity index (χ0n) is 21.3. The summed E-state index contributed by atoms with van der Waals surface area (Å²) in [5.74, 6) is -0.185. The number of fused-ring (bicyclic) bond motifs is 1. The van der Waals surface area contributed by atoms with E-state index in [0.29, 0.717) is 28.6 Å². The standard InChI is InChI=1S/C31H32FN3O2S/c32-26-11-5-4-10-25(26)21-29-31(37)35(27-12-6-7-13-28(27)38-29)22-30(36)33-16-19-34-17-14-24(15-18-34)20-23-8-2-1-3-9-23/h1-13,21,24H,14-20,22H2,(H,33,36)/b29-21-. The lowest BCUT2D eigenvalue weighted by atomic mass is 9.90. The molecule has 0 unspecified atom stereocenters. The molecule has 0 radical (unpaired) electrons. The van der Waals surface area contributed by atoms with Crippen LogP contribution in [0.3, 0.4) is 0 Å². The zero-order chi connectivity index (χ0) is 26.3. The van der Waals surface area contributed by atoms with Crippen LogP contribution in [0.5, 0.6) is 0 Å². The van der Waals surface area contributed by atoms with Gasteiger partial charge in [-0.15, -0.1) is 0 Å². The van der Waals surface area contributed by atoms with E-state index in [4.69, 9.17) is 0 Å². The van der Waals surface area contributed by atoms with Gasteiger partial charge in [-0.05, 0) is 68.1 Å². The van der Waals surface area contributed by atoms with Gasteiger partial charge in [0, 0.05) is 23.5 Å². The van der Waals surface area contributed by atoms with Crippen LogP contribution in [-0.2, 0) is 16.0 Å². The van der Waals surface area contributed by atoms with Crippen molar-refractivity contribution in [1.82, 2.24) is 10.2 Å². The molecule has 5 rings (SSSR count). The summed E-state index contributed by atoms with van der Waals surface area (Å²) < 4.78 is 14.2. The van der Waals surface area contributed by atoms with Crippen molar-refractivity contribution >= 4 is 35.3 Å². The molecule has 0 aromatic heterocycles. The van der Waals surface area contributed by atoms with Gasteiger partial charge in [-0.2, -0.15) is 0 Å². The lowest BCUT2D eigenvalue weighted by Gasteiger charge is -2.32. The number of nitrogens with one attached hydrogen (secondary N) is 1. The van der Waals surface area contributed by atoms with Crippen molar-refractivity contribution in [3.05, 3.63) is 101 Å². The van der Waals surface area contributed by atoms with Crippen LogP contribution in [0.15, 0.2) is 88.7 Å². The maximum Gasteiger partial charge on any atom is 0.265 e. The van der Waals surface area contributed by atoms with E-state index in [2.05, 4.69) is 40.5 Å². The van der Waals surface area contributed by atoms with Crippen molar-refractivity contribution in [2.75, 3.05) is 37.6 Å². The molecule has 0 bridgehead atoms. The number of anilines is 1. The van der Waals surface area contributed by atoms with Crippen LogP contribution in [0.4, 0.5) is 10.1 Å². The summed E-state index contributed by atoms with van der Waals surface area (Å²) in [7, 11) is 0. The first-order valence-corrected chi connectivity index (χ1v) is 14.0. The lowest BCUT2D eigenvalue weighted by molar-refractivity contribution is -0.122. The van der Waals surface area contributed by atoms with Crippen molar-refractivity contribution in [2.45, 2.75) is 24.2 Å². The van der Waals surface area contributed by atoms with Gasteiger partial charge in [-0.3, -0.25) is 14.5 Å². The summed E-state index contributed by atoms with van der Waals surface area (Å²) >= 11 is 1.30. The minimum absolute atomic E-state index is 0.0792. The van der Waals surface area contributed by atoms with Gasteiger partial charge in [0.2, 0.25) is 5.91 Å². The Kier molecular flexibility index (Phi) is 8.56. The second-order valence-corrected chi connectivity index (χ2v) is 10.9. The number of halogens is 1. The Morgan fingerprint density at radius 2 is 1.68 bits per heavy atom. The first-order chi connectivity index (χ1) is 18.6. The van der Waals surface area contributed by atoms with E-state index in [1.165, 1.54) is 28.3 Å². The maximum absolute atomic E-state index is 14.2. The Labute approximate surface area is 227 Å². The molecule has 0 atom stereocenters. The predicted octanol–water partition coefficient (Wildman–Crippen LogP) is 5.38. The topological polar surface area (TPSA) is 52.7 Å². The van der Waals surface area contributed by atoms with Gasteiger partial charge in [0.15, 0.2) is 0 Å². The number of benzene rings is 3. The predicted molar refractivity (Wildman–Crippen MR) is 151 cm³/mol. The van der Waals surface area contributed by atoms with Crippen molar-refractivity contribution in [2.24, 2.45) is 5.92 Å². The fourth-order valence-electron chi connectivity index (χ4n) is 5.07. The number of likely N-dealkylation sites (tertiary alicyclic amines) is 1. The van der Waals surface area contributed by atoms with E-state index in [1.54, 1.807) is 24.3 Å². The van der Waals surface area contributed by atoms with Crippen LogP contribution >= 0.6 is 11.8 Å². The average molecular weight is 530 g/mol. The third-order valence-electron chi connectivity index (χ3n) is 7.15. The Morgan fingerprint density at radius 3 is 2.47 bits per heavy atom. The van der Waals surface area contributed by atoms with Crippen molar-refractivity contribution in [3.63, 3.8) is 0 Å². The first-order valence-electron chi connectivity index (χ1n) is 13.1. The Bertz CT molecular complexity index is 1310. The van der Waals surface area contributed by atoms with Crippen molar-refractivity contribution in [1.29, 1.82) is 0 Å². The highest BCUT2D eigenvalue weighted by Gasteiger charge is 2.30. The molecule has 3 aromatic carbocycles. The number of carbonyl (C=O) groups excluding carboxylic acids is 2. The van der Waals surface area contributed by atoms with Gasteiger partial charge >= 0.3 is 0 Å². The highest BCUT2D eigenvalue weighted by Crippen LogP contribution is 2.42. The third-order valence-corrected chi connectivity index (χ3v) is 8.23. The molecular formula is C31H32FN3O2S. The van der Waals surface area contributed by atoms with E-state index in [1.807, 2.05) is 24.3 Å². The molecular weight excluding hydrogens is 497 g/mol. The second kappa shape index (κ2) is 12.4. The summed E-state index contributed by atoms with van der Waals surface area (Å²) in [6, 6.07) is 24.5. The molecule has 5 nitrogen and oxygen atoms in total. The third kappa shape index (κ3) is 6.52. The average Bonchev–Trinajstić information content (AvgIpc) is 2.94. The van der Waals surface area contributed by atoms with E-state index in [0.717, 1.165) is 43.8 Å². The Hall–Kier alpha value is -3.42. The summed E-state index contributed by atoms with van der Waals surface area (Å²) in [6.45, 7) is 3.32. The molecule has 1 fully saturated rings. The van der Waals surface area contributed by atoms with Crippen molar-refractivity contribution in [3.8, 4) is 0 Å². The van der Waals surface area contributed by atoms with Crippen LogP contribution in [0.2, 0.25) is 0 Å². The number of nitrogens with zero attached hydrogens (tertiary/aromatic N) is 2. The number of hydrogen-bond donors (Lipinski definition) is 1. The molecule has 38 heavy (non-hydrogen) atoms. The number of carbonyl (C=O) groups is 2. The fourth-order valence-corrected chi connectivity index (χ4v) is 6.12. The molecule has 3 aromatic rings. The molecule has 0 saturated carbocycles. The molecule has 196 valence electrons. The monoisotopic (exact) mass is 529 g/mol. The smallest absolute Gasteiger partial charge is 0.265 e. The maximum atomic E-state index is 14.2. The lowest BCUT2D eigenvalue weighted by Crippen LogP contribution is -2.45. The van der Waals surface area contributed by atoms with Gasteiger partial charge in [-0.1, -0.05) is 72.4 Å². The van der Waals surface area contributed by atoms with Crippen LogP contribution in [0, 0.1) is 11.7 Å². The van der Waals surface area contributed by atoms with Gasteiger partial charge in [0.25, 0.3) is 5.91 Å². The molecule has 1 N–H and O–H groups in total. The summed E-state index contributed by atoms with van der Waals surface area (Å²) in [5, 5.41) is 2.99. The van der Waals surface area contributed by atoms with Gasteiger partial charge in [0.05, 0.1) is 10.6 Å². The number of amides is 2. The highest BCUT2D eigenvalue weighted by molar-refractivity contribution is 8.04. The largest absolute Gasteiger partial charge is 0.353 e. The number of hydrogen-bond acceptors (Lipinski definition) is 4. The van der Waals surface area contributed by atoms with Crippen molar-refractivity contribution < 1.29 is 14.0 Å². The number of para-hydroxylation sites is 1. The van der Waals surface area contributed by atoms with Crippen LogP contribution < -0.4 is 10.2 Å². The molecule has 0 aliphatic carbocycles. The van der Waals surface area contributed by atoms with E-state index in [9.17, 15) is 14.0 Å². The summed E-state index contributed by atoms with van der Waals surface area (Å²) in [4.78, 5) is 31.4. The molecule has 2 aliphatic heterocycles. The van der Waals surface area contributed by atoms with E-state index < -0.39 is 0 Å². The summed E-state index contributed by atoms with van der Waals surface area (Å²) in [5.41, 5.74) is 2.45. The minimum atomic E-state index is -0.388. The van der Waals surface area contributed by atoms with Crippen LogP contribution in [0.1, 0.15) is 24.0 Å². The molecule has 1 saturated heterocycles. The Balaban J connectivity index is 1.14. The molecule has 2 heterocycles. The summed E-state index contributed by atoms with van der Waals surface area (Å²) in [6.07, 6.45) is 5.01. The number of piperidine rings is 1.